The zero-order valence-electron chi connectivity index (χ0n) is 25.3. The smallest absolute Gasteiger partial charge is 0.339 e. The Balaban J connectivity index is 1.52. The van der Waals surface area contributed by atoms with E-state index in [1.807, 2.05) is 6.92 Å². The van der Waals surface area contributed by atoms with Gasteiger partial charge in [0.05, 0.1) is 25.3 Å². The molecule has 0 saturated carbocycles. The minimum atomic E-state index is -4.47. The zero-order valence-corrected chi connectivity index (χ0v) is 27.0. The number of hydrogen-bond acceptors (Lipinski definition) is 11. The highest BCUT2D eigenvalue weighted by molar-refractivity contribution is 7.87. The molecule has 13 heteroatoms. The Morgan fingerprint density at radius 2 is 1.04 bits per heavy atom. The number of benzene rings is 5. The average Bonchev–Trinajstić information content (AvgIpc) is 3.07. The zero-order chi connectivity index (χ0) is 33.8. The molecule has 0 aliphatic carbocycles. The lowest BCUT2D eigenvalue weighted by molar-refractivity contribution is 0.0592. The molecular formula is C34H28O11S2. The van der Waals surface area contributed by atoms with Gasteiger partial charge in [-0.25, -0.2) is 9.59 Å². The fraction of sp³-hybridized carbons (Fsp3) is 0.118. The van der Waals surface area contributed by atoms with Crippen molar-refractivity contribution in [3.05, 3.63) is 125 Å². The van der Waals surface area contributed by atoms with E-state index in [1.54, 1.807) is 24.3 Å². The van der Waals surface area contributed by atoms with Crippen molar-refractivity contribution in [2.75, 3.05) is 14.2 Å². The number of carbonyl (C=O) groups excluding carboxylic acids is 2. The van der Waals surface area contributed by atoms with Gasteiger partial charge in [-0.3, -0.25) is 0 Å². The quantitative estimate of drug-likeness (QED) is 0.123. The lowest BCUT2D eigenvalue weighted by Gasteiger charge is -2.14. The molecular weight excluding hydrogens is 648 g/mol. The number of aryl methyl sites for hydroxylation is 1. The van der Waals surface area contributed by atoms with Gasteiger partial charge in [-0.2, -0.15) is 16.8 Å². The van der Waals surface area contributed by atoms with Crippen LogP contribution in [0.25, 0.3) is 10.8 Å². The van der Waals surface area contributed by atoms with E-state index in [0.29, 0.717) is 22.3 Å². The molecule has 0 bridgehead atoms. The molecule has 11 nitrogen and oxygen atoms in total. The highest BCUT2D eigenvalue weighted by Gasteiger charge is 2.23. The van der Waals surface area contributed by atoms with Crippen molar-refractivity contribution in [3.63, 3.8) is 0 Å². The molecule has 0 heterocycles. The number of ether oxygens (including phenoxy) is 3. The monoisotopic (exact) mass is 676 g/mol. The molecule has 0 aliphatic rings. The van der Waals surface area contributed by atoms with Gasteiger partial charge in [-0.1, -0.05) is 23.8 Å². The number of carbonyl (C=O) groups is 2. The molecule has 0 spiro atoms. The largest absolute Gasteiger partial charge is 0.489 e. The standard InChI is InChI=1S/C34H28O11S2/c1-22-4-10-28(11-5-22)44-46(37,38)30-16-17-32-25(18-30)19-31(47(39,40)45-29-14-8-24(9-15-29)34(36)42-3)20-26(32)21-43-27-12-6-23(7-13-27)33(35)41-2/h4-20H,21H2,1-3H3. The molecule has 0 atom stereocenters. The van der Waals surface area contributed by atoms with Gasteiger partial charge in [0.15, 0.2) is 0 Å². The van der Waals surface area contributed by atoms with Crippen LogP contribution in [0, 0.1) is 6.92 Å². The molecule has 0 aliphatic heterocycles. The van der Waals surface area contributed by atoms with Crippen LogP contribution in [0.1, 0.15) is 31.8 Å². The molecule has 0 amide bonds. The van der Waals surface area contributed by atoms with Gasteiger partial charge in [-0.05, 0) is 108 Å². The van der Waals surface area contributed by atoms with E-state index in [4.69, 9.17) is 17.8 Å². The minimum absolute atomic E-state index is 0.0657. The van der Waals surface area contributed by atoms with Crippen LogP contribution < -0.4 is 13.1 Å². The molecule has 5 aromatic rings. The van der Waals surface area contributed by atoms with Crippen molar-refractivity contribution >= 4 is 42.9 Å². The van der Waals surface area contributed by atoms with Crippen molar-refractivity contribution in [3.8, 4) is 17.2 Å². The third-order valence-electron chi connectivity index (χ3n) is 6.94. The van der Waals surface area contributed by atoms with Crippen LogP contribution in [0.2, 0.25) is 0 Å². The Kier molecular flexibility index (Phi) is 9.49. The fourth-order valence-electron chi connectivity index (χ4n) is 4.49. The predicted molar refractivity (Wildman–Crippen MR) is 171 cm³/mol. The second-order valence-corrected chi connectivity index (χ2v) is 13.3. The molecule has 47 heavy (non-hydrogen) atoms. The first-order valence-electron chi connectivity index (χ1n) is 13.9. The van der Waals surface area contributed by atoms with Gasteiger partial charge in [0.25, 0.3) is 0 Å². The van der Waals surface area contributed by atoms with Crippen LogP contribution in [0.4, 0.5) is 0 Å². The van der Waals surface area contributed by atoms with E-state index in [-0.39, 0.29) is 38.8 Å². The molecule has 0 radical (unpaired) electrons. The number of methoxy groups -OCH3 is 2. The highest BCUT2D eigenvalue weighted by atomic mass is 32.2. The van der Waals surface area contributed by atoms with Crippen LogP contribution in [0.15, 0.2) is 113 Å². The predicted octanol–water partition coefficient (Wildman–Crippen LogP) is 5.84. The Morgan fingerprint density at radius 1 is 0.574 bits per heavy atom. The van der Waals surface area contributed by atoms with Crippen LogP contribution in [-0.4, -0.2) is 43.0 Å². The van der Waals surface area contributed by atoms with Crippen molar-refractivity contribution in [2.24, 2.45) is 0 Å². The molecule has 0 unspecified atom stereocenters. The van der Waals surface area contributed by atoms with Crippen molar-refractivity contribution in [2.45, 2.75) is 23.3 Å². The summed E-state index contributed by atoms with van der Waals surface area (Å²) >= 11 is 0. The normalized spacial score (nSPS) is 11.5. The van der Waals surface area contributed by atoms with Gasteiger partial charge in [0.2, 0.25) is 0 Å². The summed E-state index contributed by atoms with van der Waals surface area (Å²) in [5.41, 5.74) is 1.83. The summed E-state index contributed by atoms with van der Waals surface area (Å²) in [5, 5.41) is 0.760. The molecule has 0 aromatic heterocycles. The minimum Gasteiger partial charge on any atom is -0.489 e. The fourth-order valence-corrected chi connectivity index (χ4v) is 6.48. The Labute approximate surface area is 271 Å². The number of fused-ring (bicyclic) bond motifs is 1. The molecule has 5 aromatic carbocycles. The van der Waals surface area contributed by atoms with Gasteiger partial charge < -0.3 is 22.6 Å². The lowest BCUT2D eigenvalue weighted by atomic mass is 10.1. The summed E-state index contributed by atoms with van der Waals surface area (Å²) in [6.45, 7) is 1.73. The van der Waals surface area contributed by atoms with E-state index < -0.39 is 32.2 Å². The third-order valence-corrected chi connectivity index (χ3v) is 9.41. The Bertz CT molecular complexity index is 2160. The van der Waals surface area contributed by atoms with E-state index in [9.17, 15) is 26.4 Å². The topological polar surface area (TPSA) is 149 Å². The summed E-state index contributed by atoms with van der Waals surface area (Å²) in [4.78, 5) is 23.1. The average molecular weight is 677 g/mol. The van der Waals surface area contributed by atoms with Crippen molar-refractivity contribution in [1.29, 1.82) is 0 Å². The SMILES string of the molecule is COC(=O)c1ccc(OCc2cc(S(=O)(=O)Oc3ccc(C(=O)OC)cc3)cc3cc(S(=O)(=O)Oc4ccc(C)cc4)ccc23)cc1. The van der Waals surface area contributed by atoms with E-state index >= 15 is 0 Å². The van der Waals surface area contributed by atoms with E-state index in [1.165, 1.54) is 93.1 Å². The number of rotatable bonds is 11. The summed E-state index contributed by atoms with van der Waals surface area (Å²) in [7, 11) is -6.28. The first kappa shape index (κ1) is 33.0. The van der Waals surface area contributed by atoms with Gasteiger partial charge >= 0.3 is 32.2 Å². The van der Waals surface area contributed by atoms with Gasteiger partial charge in [0.1, 0.15) is 33.6 Å². The summed E-state index contributed by atoms with van der Waals surface area (Å²) < 4.78 is 79.3. The third kappa shape index (κ3) is 7.71. The molecule has 5 rings (SSSR count). The van der Waals surface area contributed by atoms with Gasteiger partial charge in [0, 0.05) is 0 Å². The number of hydrogen-bond donors (Lipinski definition) is 0. The van der Waals surface area contributed by atoms with Crippen LogP contribution in [0.3, 0.4) is 0 Å². The highest BCUT2D eigenvalue weighted by Crippen LogP contribution is 2.30. The van der Waals surface area contributed by atoms with Crippen LogP contribution >= 0.6 is 0 Å². The Morgan fingerprint density at radius 3 is 1.57 bits per heavy atom. The molecule has 0 fully saturated rings. The summed E-state index contributed by atoms with van der Waals surface area (Å²) in [6, 6.07) is 24.8. The van der Waals surface area contributed by atoms with Crippen molar-refractivity contribution in [1.82, 2.24) is 0 Å². The maximum absolute atomic E-state index is 13.5. The van der Waals surface area contributed by atoms with Gasteiger partial charge in [-0.15, -0.1) is 0 Å². The van der Waals surface area contributed by atoms with E-state index in [2.05, 4.69) is 4.74 Å². The number of esters is 2. The molecule has 0 N–H and O–H groups in total. The Hall–Kier alpha value is -5.40. The van der Waals surface area contributed by atoms with Crippen LogP contribution in [0.5, 0.6) is 17.2 Å². The summed E-state index contributed by atoms with van der Waals surface area (Å²) in [6.07, 6.45) is 0. The van der Waals surface area contributed by atoms with Crippen molar-refractivity contribution < 1.29 is 49.0 Å². The second kappa shape index (κ2) is 13.5. The molecule has 0 saturated heterocycles. The maximum Gasteiger partial charge on any atom is 0.339 e. The summed E-state index contributed by atoms with van der Waals surface area (Å²) in [5.74, 6) is -0.685. The van der Waals surface area contributed by atoms with E-state index in [0.717, 1.165) is 5.56 Å². The first-order valence-corrected chi connectivity index (χ1v) is 16.7. The first-order chi connectivity index (χ1) is 22.4. The van der Waals surface area contributed by atoms with Crippen LogP contribution in [-0.2, 0) is 36.3 Å². The lowest BCUT2D eigenvalue weighted by Crippen LogP contribution is -2.12. The maximum atomic E-state index is 13.5. The second-order valence-electron chi connectivity index (χ2n) is 10.2. The molecule has 242 valence electrons.